The fourth-order valence-electron chi connectivity index (χ4n) is 0. The van der Waals surface area contributed by atoms with Gasteiger partial charge in [-0.25, -0.2) is 0 Å². The monoisotopic (exact) mass is 238 g/mol. The van der Waals surface area contributed by atoms with Gasteiger partial charge in [0.2, 0.25) is 0 Å². The van der Waals surface area contributed by atoms with E-state index in [1.807, 2.05) is 6.92 Å². The molecule has 45 valence electrons. The quantitative estimate of drug-likeness (QED) is 0.570. The van der Waals surface area contributed by atoms with Crippen molar-refractivity contribution in [2.45, 2.75) is 13.3 Å². The summed E-state index contributed by atoms with van der Waals surface area (Å²) in [7, 11) is 15.0. The van der Waals surface area contributed by atoms with Crippen molar-refractivity contribution in [2.24, 2.45) is 0 Å². The van der Waals surface area contributed by atoms with Gasteiger partial charge in [0.05, 0.1) is 0 Å². The molecule has 4 heteroatoms. The Morgan fingerprint density at radius 3 is 1.43 bits per heavy atom. The molecule has 0 radical (unpaired) electrons. The van der Waals surface area contributed by atoms with Crippen LogP contribution in [0.25, 0.3) is 0 Å². The number of halogens is 3. The Morgan fingerprint density at radius 1 is 1.43 bits per heavy atom. The van der Waals surface area contributed by atoms with E-state index in [1.165, 1.54) is 0 Å². The fraction of sp³-hybridized carbons (Fsp3) is 0.667. The molecular formula is C3H7Cl3Zr-. The Morgan fingerprint density at radius 2 is 1.43 bits per heavy atom. The topological polar surface area (TPSA) is 0 Å². The predicted octanol–water partition coefficient (Wildman–Crippen LogP) is 3.30. The molecule has 0 aliphatic rings. The maximum atomic E-state index is 5.00. The summed E-state index contributed by atoms with van der Waals surface area (Å²) in [4.78, 5) is 0. The van der Waals surface area contributed by atoms with E-state index in [2.05, 4.69) is 6.92 Å². The zero-order valence-corrected chi connectivity index (χ0v) is 8.77. The third-order valence-electron chi connectivity index (χ3n) is 0. The molecule has 0 aliphatic carbocycles. The van der Waals surface area contributed by atoms with Gasteiger partial charge in [-0.05, 0) is 0 Å². The first-order chi connectivity index (χ1) is 3.15. The molecule has 0 saturated carbocycles. The molecule has 0 aromatic rings. The van der Waals surface area contributed by atoms with Crippen molar-refractivity contribution in [3.63, 3.8) is 0 Å². The molecule has 0 spiro atoms. The second kappa shape index (κ2) is 10.7. The normalized spacial score (nSPS) is 6.43. The van der Waals surface area contributed by atoms with E-state index in [1.54, 1.807) is 0 Å². The minimum absolute atomic E-state index is 1.00. The van der Waals surface area contributed by atoms with Crippen LogP contribution in [-0.4, -0.2) is 0 Å². The van der Waals surface area contributed by atoms with Crippen molar-refractivity contribution in [3.8, 4) is 0 Å². The van der Waals surface area contributed by atoms with Crippen molar-refractivity contribution >= 4 is 25.5 Å². The SMILES string of the molecule is [CH2-]CC.[Cl][Zr]([Cl])[Cl]. The van der Waals surface area contributed by atoms with Crippen molar-refractivity contribution in [2.75, 3.05) is 0 Å². The third-order valence-corrected chi connectivity index (χ3v) is 0. The van der Waals surface area contributed by atoms with E-state index in [0.717, 1.165) is 6.42 Å². The van der Waals surface area contributed by atoms with Crippen LogP contribution in [-0.2, 0) is 18.2 Å². The van der Waals surface area contributed by atoms with Crippen LogP contribution in [0.2, 0.25) is 0 Å². The summed E-state index contributed by atoms with van der Waals surface area (Å²) >= 11 is -2.13. The first kappa shape index (κ1) is 11.5. The van der Waals surface area contributed by atoms with E-state index in [0.29, 0.717) is 0 Å². The van der Waals surface area contributed by atoms with Crippen LogP contribution < -0.4 is 0 Å². The van der Waals surface area contributed by atoms with Crippen LogP contribution in [0.5, 0.6) is 0 Å². The Hall–Kier alpha value is 1.75. The van der Waals surface area contributed by atoms with Gasteiger partial charge < -0.3 is 6.92 Å². The Kier molecular flexibility index (Phi) is 17.6. The van der Waals surface area contributed by atoms with Gasteiger partial charge in [0.1, 0.15) is 0 Å². The molecule has 0 saturated heterocycles. The van der Waals surface area contributed by atoms with Gasteiger partial charge >= 0.3 is 43.7 Å². The number of hydrogen-bond donors (Lipinski definition) is 0. The van der Waals surface area contributed by atoms with Crippen LogP contribution in [0, 0.1) is 6.92 Å². The van der Waals surface area contributed by atoms with E-state index < -0.39 is 18.2 Å². The Bertz CT molecular complexity index is 21.4. The molecule has 0 N–H and O–H groups in total. The molecule has 7 heavy (non-hydrogen) atoms. The summed E-state index contributed by atoms with van der Waals surface area (Å²) in [6.45, 7) is 5.50. The second-order valence-electron chi connectivity index (χ2n) is 0.714. The number of hydrogen-bond acceptors (Lipinski definition) is 0. The van der Waals surface area contributed by atoms with Crippen molar-refractivity contribution in [1.29, 1.82) is 0 Å². The number of rotatable bonds is 0. The average molecular weight is 241 g/mol. The van der Waals surface area contributed by atoms with Crippen LogP contribution in [0.4, 0.5) is 0 Å². The molecule has 0 rings (SSSR count). The summed E-state index contributed by atoms with van der Waals surface area (Å²) in [6, 6.07) is 0. The van der Waals surface area contributed by atoms with Gasteiger partial charge in [-0.2, -0.15) is 6.42 Å². The second-order valence-corrected chi connectivity index (χ2v) is 11.9. The summed E-state index contributed by atoms with van der Waals surface area (Å²) < 4.78 is 0. The first-order valence-electron chi connectivity index (χ1n) is 1.77. The molecule has 0 fully saturated rings. The van der Waals surface area contributed by atoms with Crippen molar-refractivity contribution in [1.82, 2.24) is 0 Å². The zero-order valence-electron chi connectivity index (χ0n) is 4.05. The molecule has 0 nitrogen and oxygen atoms in total. The Labute approximate surface area is 63.5 Å². The van der Waals surface area contributed by atoms with Crippen LogP contribution >= 0.6 is 25.5 Å². The third kappa shape index (κ3) is 83.5. The van der Waals surface area contributed by atoms with E-state index >= 15 is 0 Å². The molecule has 0 bridgehead atoms. The molecule has 0 unspecified atom stereocenters. The zero-order chi connectivity index (χ0) is 6.28. The Balaban J connectivity index is 0. The van der Waals surface area contributed by atoms with Crippen LogP contribution in [0.3, 0.4) is 0 Å². The van der Waals surface area contributed by atoms with Gasteiger partial charge in [0, 0.05) is 0 Å². The van der Waals surface area contributed by atoms with Crippen molar-refractivity contribution < 1.29 is 18.2 Å². The predicted molar refractivity (Wildman–Crippen MR) is 33.2 cm³/mol. The summed E-state index contributed by atoms with van der Waals surface area (Å²) in [6.07, 6.45) is 1.00. The van der Waals surface area contributed by atoms with E-state index in [-0.39, 0.29) is 0 Å². The van der Waals surface area contributed by atoms with Crippen LogP contribution in [0.15, 0.2) is 0 Å². The summed E-state index contributed by atoms with van der Waals surface area (Å²) in [5.74, 6) is 0. The van der Waals surface area contributed by atoms with Gasteiger partial charge in [0.15, 0.2) is 0 Å². The molecule has 0 heterocycles. The van der Waals surface area contributed by atoms with E-state index in [9.17, 15) is 0 Å². The minimum atomic E-state index is -2.13. The molecule has 0 aromatic heterocycles. The molecule has 0 aromatic carbocycles. The summed E-state index contributed by atoms with van der Waals surface area (Å²) in [5, 5.41) is 0. The van der Waals surface area contributed by atoms with Gasteiger partial charge in [-0.15, -0.1) is 0 Å². The molecule has 0 amide bonds. The van der Waals surface area contributed by atoms with Gasteiger partial charge in [0.25, 0.3) is 0 Å². The standard InChI is InChI=1S/C3H7.3ClH.Zr/c1-3-2;;;;/h1,3H2,2H3;3*1H;/q-1;;;;+3/p-3. The van der Waals surface area contributed by atoms with Gasteiger partial charge in [-0.3, -0.25) is 0 Å². The molecule has 0 aliphatic heterocycles. The average Bonchev–Trinajstić information content (AvgIpc) is 1.33. The first-order valence-corrected chi connectivity index (χ1v) is 11.3. The summed E-state index contributed by atoms with van der Waals surface area (Å²) in [5.41, 5.74) is 0. The van der Waals surface area contributed by atoms with Gasteiger partial charge in [-0.1, -0.05) is 6.92 Å². The van der Waals surface area contributed by atoms with Crippen LogP contribution in [0.1, 0.15) is 13.3 Å². The maximum absolute atomic E-state index is 5.00. The molecular weight excluding hydrogens is 234 g/mol. The molecule has 0 atom stereocenters. The fourth-order valence-corrected chi connectivity index (χ4v) is 0. The van der Waals surface area contributed by atoms with E-state index in [4.69, 9.17) is 25.5 Å². The van der Waals surface area contributed by atoms with Crippen molar-refractivity contribution in [3.05, 3.63) is 6.92 Å².